The van der Waals surface area contributed by atoms with Gasteiger partial charge in [0.15, 0.2) is 0 Å². The van der Waals surface area contributed by atoms with Gasteiger partial charge in [-0.3, -0.25) is 0 Å². The smallest absolute Gasteiger partial charge is 0.269 e. The molecule has 1 aromatic carbocycles. The van der Waals surface area contributed by atoms with Gasteiger partial charge in [0.05, 0.1) is 4.90 Å². The number of phenolic OH excluding ortho intramolecular Hbond substituents is 1. The van der Waals surface area contributed by atoms with Crippen molar-refractivity contribution >= 4 is 10.0 Å². The van der Waals surface area contributed by atoms with E-state index in [0.717, 1.165) is 3.97 Å². The molecule has 0 amide bonds. The summed E-state index contributed by atoms with van der Waals surface area (Å²) in [6.07, 6.45) is 3.94. The second-order valence-electron chi connectivity index (χ2n) is 3.35. The molecule has 0 bridgehead atoms. The van der Waals surface area contributed by atoms with Gasteiger partial charge in [-0.1, -0.05) is 6.07 Å². The molecule has 0 radical (unpaired) electrons. The number of phenols is 1. The van der Waals surface area contributed by atoms with Crippen LogP contribution in [-0.4, -0.2) is 22.5 Å². The average Bonchev–Trinajstić information content (AvgIpc) is 2.75. The highest BCUT2D eigenvalue weighted by Crippen LogP contribution is 2.22. The van der Waals surface area contributed by atoms with Crippen LogP contribution >= 0.6 is 0 Å². The van der Waals surface area contributed by atoms with Gasteiger partial charge in [-0.25, -0.2) is 17.4 Å². The molecule has 0 spiro atoms. The van der Waals surface area contributed by atoms with Crippen LogP contribution in [0.15, 0.2) is 41.8 Å². The average molecular weight is 238 g/mol. The Morgan fingerprint density at radius 3 is 2.75 bits per heavy atom. The number of hydrogen-bond donors (Lipinski definition) is 1. The number of rotatable bonds is 2. The van der Waals surface area contributed by atoms with Gasteiger partial charge in [-0.2, -0.15) is 0 Å². The molecule has 5 nitrogen and oxygen atoms in total. The Kier molecular flexibility index (Phi) is 2.43. The van der Waals surface area contributed by atoms with E-state index in [4.69, 9.17) is 0 Å². The molecule has 1 aromatic heterocycles. The molecule has 84 valence electrons. The second kappa shape index (κ2) is 3.64. The fraction of sp³-hybridized carbons (Fsp3) is 0.100. The van der Waals surface area contributed by atoms with Gasteiger partial charge in [0, 0.05) is 18.5 Å². The minimum absolute atomic E-state index is 0.0745. The van der Waals surface area contributed by atoms with Crippen molar-refractivity contribution in [3.05, 3.63) is 42.5 Å². The predicted molar refractivity (Wildman–Crippen MR) is 57.7 cm³/mol. The molecule has 0 aliphatic rings. The zero-order valence-electron chi connectivity index (χ0n) is 8.53. The second-order valence-corrected chi connectivity index (χ2v) is 5.16. The van der Waals surface area contributed by atoms with E-state index in [9.17, 15) is 13.5 Å². The summed E-state index contributed by atoms with van der Waals surface area (Å²) in [4.78, 5) is 3.76. The zero-order chi connectivity index (χ0) is 11.8. The molecule has 0 saturated carbocycles. The summed E-state index contributed by atoms with van der Waals surface area (Å²) < 4.78 is 25.2. The number of aromatic nitrogens is 2. The van der Waals surface area contributed by atoms with Crippen molar-refractivity contribution in [2.75, 3.05) is 0 Å². The summed E-state index contributed by atoms with van der Waals surface area (Å²) in [5, 5.41) is 9.31. The first-order chi connectivity index (χ1) is 7.51. The topological polar surface area (TPSA) is 72.2 Å². The Hall–Kier alpha value is -1.82. The first kappa shape index (κ1) is 10.7. The van der Waals surface area contributed by atoms with E-state index in [1.807, 2.05) is 0 Å². The molecule has 16 heavy (non-hydrogen) atoms. The van der Waals surface area contributed by atoms with Crippen LogP contribution in [0.5, 0.6) is 5.75 Å². The summed E-state index contributed by atoms with van der Waals surface area (Å²) in [6.45, 7) is 1.67. The largest absolute Gasteiger partial charge is 0.508 e. The van der Waals surface area contributed by atoms with E-state index in [2.05, 4.69) is 4.98 Å². The minimum Gasteiger partial charge on any atom is -0.508 e. The van der Waals surface area contributed by atoms with Gasteiger partial charge in [0.25, 0.3) is 10.0 Å². The molecule has 1 N–H and O–H groups in total. The third kappa shape index (κ3) is 1.67. The van der Waals surface area contributed by atoms with Gasteiger partial charge in [-0.05, 0) is 18.6 Å². The molecule has 0 unspecified atom stereocenters. The Morgan fingerprint density at radius 2 is 2.12 bits per heavy atom. The highest BCUT2D eigenvalue weighted by Gasteiger charge is 2.19. The molecule has 0 fully saturated rings. The van der Waals surface area contributed by atoms with Crippen LogP contribution in [0, 0.1) is 6.92 Å². The maximum atomic E-state index is 12.1. The van der Waals surface area contributed by atoms with Gasteiger partial charge in [0.2, 0.25) is 0 Å². The van der Waals surface area contributed by atoms with Crippen LogP contribution in [0.3, 0.4) is 0 Å². The minimum atomic E-state index is -3.65. The predicted octanol–water partition coefficient (Wildman–Crippen LogP) is 1.13. The van der Waals surface area contributed by atoms with Gasteiger partial charge in [0.1, 0.15) is 12.1 Å². The van der Waals surface area contributed by atoms with Crippen LogP contribution < -0.4 is 0 Å². The monoisotopic (exact) mass is 238 g/mol. The van der Waals surface area contributed by atoms with Crippen molar-refractivity contribution in [1.82, 2.24) is 8.96 Å². The van der Waals surface area contributed by atoms with E-state index in [-0.39, 0.29) is 10.6 Å². The van der Waals surface area contributed by atoms with Gasteiger partial charge >= 0.3 is 0 Å². The number of aromatic hydroxyl groups is 1. The van der Waals surface area contributed by atoms with Crippen LogP contribution in [0.4, 0.5) is 0 Å². The quantitative estimate of drug-likeness (QED) is 0.851. The Balaban J connectivity index is 2.65. The van der Waals surface area contributed by atoms with Crippen molar-refractivity contribution in [2.45, 2.75) is 11.8 Å². The maximum absolute atomic E-state index is 12.1. The van der Waals surface area contributed by atoms with Crippen LogP contribution in [0.25, 0.3) is 0 Å². The van der Waals surface area contributed by atoms with E-state index < -0.39 is 10.0 Å². The van der Waals surface area contributed by atoms with Crippen LogP contribution in [-0.2, 0) is 10.0 Å². The maximum Gasteiger partial charge on any atom is 0.269 e. The van der Waals surface area contributed by atoms with Crippen molar-refractivity contribution < 1.29 is 13.5 Å². The number of nitrogens with zero attached hydrogens (tertiary/aromatic N) is 2. The molecule has 6 heteroatoms. The number of aryl methyl sites for hydroxylation is 1. The Bertz CT molecular complexity index is 603. The van der Waals surface area contributed by atoms with Crippen molar-refractivity contribution in [1.29, 1.82) is 0 Å². The van der Waals surface area contributed by atoms with E-state index >= 15 is 0 Å². The summed E-state index contributed by atoms with van der Waals surface area (Å²) >= 11 is 0. The third-order valence-corrected chi connectivity index (χ3v) is 3.97. The molecule has 0 aliphatic carbocycles. The van der Waals surface area contributed by atoms with E-state index in [1.54, 1.807) is 13.0 Å². The lowest BCUT2D eigenvalue weighted by Crippen LogP contribution is -2.12. The highest BCUT2D eigenvalue weighted by atomic mass is 32.2. The number of imidazole rings is 1. The SMILES string of the molecule is Cc1ccc(O)cc1S(=O)(=O)n1ccnc1. The van der Waals surface area contributed by atoms with Crippen molar-refractivity contribution in [3.63, 3.8) is 0 Å². The summed E-state index contributed by atoms with van der Waals surface area (Å²) in [5.74, 6) is -0.0794. The zero-order valence-corrected chi connectivity index (χ0v) is 9.35. The first-order valence-corrected chi connectivity index (χ1v) is 5.99. The molecule has 0 aliphatic heterocycles. The summed E-state index contributed by atoms with van der Waals surface area (Å²) in [7, 11) is -3.65. The standard InChI is InChI=1S/C10H10N2O3S/c1-8-2-3-9(13)6-10(8)16(14,15)12-5-4-11-7-12/h2-7,13H,1H3. The van der Waals surface area contributed by atoms with Crippen molar-refractivity contribution in [3.8, 4) is 5.75 Å². The third-order valence-electron chi connectivity index (χ3n) is 2.21. The Morgan fingerprint density at radius 1 is 1.38 bits per heavy atom. The lowest BCUT2D eigenvalue weighted by Gasteiger charge is -2.08. The van der Waals surface area contributed by atoms with Crippen LogP contribution in [0.1, 0.15) is 5.56 Å². The number of benzene rings is 1. The molecule has 2 aromatic rings. The Labute approximate surface area is 93.0 Å². The first-order valence-electron chi connectivity index (χ1n) is 4.55. The van der Waals surface area contributed by atoms with Gasteiger partial charge in [-0.15, -0.1) is 0 Å². The van der Waals surface area contributed by atoms with E-state index in [1.165, 1.54) is 30.9 Å². The number of hydrogen-bond acceptors (Lipinski definition) is 4. The fourth-order valence-electron chi connectivity index (χ4n) is 1.37. The summed E-state index contributed by atoms with van der Waals surface area (Å²) in [6, 6.07) is 4.23. The lowest BCUT2D eigenvalue weighted by molar-refractivity contribution is 0.472. The molecular formula is C10H10N2O3S. The van der Waals surface area contributed by atoms with Crippen LogP contribution in [0.2, 0.25) is 0 Å². The van der Waals surface area contributed by atoms with E-state index in [0.29, 0.717) is 5.56 Å². The molecular weight excluding hydrogens is 228 g/mol. The molecule has 0 saturated heterocycles. The van der Waals surface area contributed by atoms with Gasteiger partial charge < -0.3 is 5.11 Å². The molecule has 1 heterocycles. The van der Waals surface area contributed by atoms with Crippen molar-refractivity contribution in [2.24, 2.45) is 0 Å². The summed E-state index contributed by atoms with van der Waals surface area (Å²) in [5.41, 5.74) is 0.575. The highest BCUT2D eigenvalue weighted by molar-refractivity contribution is 7.90. The molecule has 2 rings (SSSR count). The normalized spacial score (nSPS) is 11.6. The molecule has 0 atom stereocenters. The fourth-order valence-corrected chi connectivity index (χ4v) is 2.73. The lowest BCUT2D eigenvalue weighted by atomic mass is 10.2.